The lowest BCUT2D eigenvalue weighted by molar-refractivity contribution is -0.136. The number of aliphatic hydroxyl groups excluding tert-OH is 2. The van der Waals surface area contributed by atoms with E-state index in [2.05, 4.69) is 19.9 Å². The lowest BCUT2D eigenvalue weighted by Crippen LogP contribution is -2.33. The highest BCUT2D eigenvalue weighted by Crippen LogP contribution is 2.33. The Kier molecular flexibility index (Phi) is 5.60. The molecular weight excluding hydrogens is 434 g/mol. The number of nitrogen functional groups attached to an aromatic ring is 1. The number of aliphatic hydroxyl groups is 2. The van der Waals surface area contributed by atoms with E-state index in [-0.39, 0.29) is 30.9 Å². The number of carbonyl (C=O) groups is 1. The van der Waals surface area contributed by atoms with E-state index in [0.29, 0.717) is 16.9 Å². The van der Waals surface area contributed by atoms with Gasteiger partial charge in [-0.3, -0.25) is 9.36 Å². The SMILES string of the molecule is Nc1nc(OC2CCCC2)nc2c1ncn2[C@@H]1O[C@H](Cn2cnc(CC(=O)O)c2)[C@@H](O)[C@H]1O. The van der Waals surface area contributed by atoms with Gasteiger partial charge in [0.05, 0.1) is 31.3 Å². The van der Waals surface area contributed by atoms with E-state index in [1.54, 1.807) is 10.8 Å². The van der Waals surface area contributed by atoms with E-state index in [9.17, 15) is 15.0 Å². The predicted octanol–water partition coefficient (Wildman–Crippen LogP) is -0.127. The predicted molar refractivity (Wildman–Crippen MR) is 112 cm³/mol. The summed E-state index contributed by atoms with van der Waals surface area (Å²) in [5, 5.41) is 30.2. The van der Waals surface area contributed by atoms with Crippen LogP contribution in [0, 0.1) is 0 Å². The maximum atomic E-state index is 10.9. The lowest BCUT2D eigenvalue weighted by atomic mass is 10.1. The molecule has 0 aromatic carbocycles. The van der Waals surface area contributed by atoms with Gasteiger partial charge in [0, 0.05) is 6.20 Å². The van der Waals surface area contributed by atoms with Gasteiger partial charge < -0.3 is 35.1 Å². The number of hydrogen-bond acceptors (Lipinski definition) is 10. The van der Waals surface area contributed by atoms with Gasteiger partial charge >= 0.3 is 12.0 Å². The van der Waals surface area contributed by atoms with Gasteiger partial charge in [0.25, 0.3) is 0 Å². The molecule has 5 N–H and O–H groups in total. The number of imidazole rings is 2. The van der Waals surface area contributed by atoms with Crippen molar-refractivity contribution < 1.29 is 29.6 Å². The first-order valence-electron chi connectivity index (χ1n) is 10.8. The van der Waals surface area contributed by atoms with Crippen molar-refractivity contribution in [2.75, 3.05) is 5.73 Å². The average molecular weight is 459 g/mol. The Balaban J connectivity index is 1.37. The number of aliphatic carboxylic acids is 1. The molecule has 1 saturated heterocycles. The summed E-state index contributed by atoms with van der Waals surface area (Å²) in [4.78, 5) is 27.8. The minimum Gasteiger partial charge on any atom is -0.481 e. The van der Waals surface area contributed by atoms with Gasteiger partial charge in [-0.25, -0.2) is 9.97 Å². The summed E-state index contributed by atoms with van der Waals surface area (Å²) in [6, 6.07) is 0.141. The normalized spacial score (nSPS) is 25.8. The van der Waals surface area contributed by atoms with Gasteiger partial charge in [0.1, 0.15) is 24.4 Å². The zero-order chi connectivity index (χ0) is 23.1. The van der Waals surface area contributed by atoms with Crippen LogP contribution in [-0.2, 0) is 22.5 Å². The number of anilines is 1. The third-order valence-electron chi connectivity index (χ3n) is 6.02. The van der Waals surface area contributed by atoms with Crippen LogP contribution >= 0.6 is 0 Å². The number of aromatic nitrogens is 6. The van der Waals surface area contributed by atoms with E-state index in [0.717, 1.165) is 25.7 Å². The highest BCUT2D eigenvalue weighted by Gasteiger charge is 2.44. The molecule has 13 heteroatoms. The van der Waals surface area contributed by atoms with E-state index >= 15 is 0 Å². The molecular formula is C20H25N7O6. The van der Waals surface area contributed by atoms with Crippen LogP contribution in [0.2, 0.25) is 0 Å². The van der Waals surface area contributed by atoms with Crippen LogP contribution < -0.4 is 10.5 Å². The van der Waals surface area contributed by atoms with E-state index in [1.807, 2.05) is 0 Å². The summed E-state index contributed by atoms with van der Waals surface area (Å²) in [5.74, 6) is -0.835. The number of ether oxygens (including phenoxy) is 2. The minimum atomic E-state index is -1.26. The summed E-state index contributed by atoms with van der Waals surface area (Å²) in [6.45, 7) is 0.168. The van der Waals surface area contributed by atoms with Gasteiger partial charge in [-0.2, -0.15) is 9.97 Å². The number of carboxylic acids is 1. The lowest BCUT2D eigenvalue weighted by Gasteiger charge is -2.17. The fourth-order valence-corrected chi connectivity index (χ4v) is 4.38. The van der Waals surface area contributed by atoms with Crippen LogP contribution in [0.25, 0.3) is 11.2 Å². The molecule has 0 amide bonds. The Morgan fingerprint density at radius 1 is 1.18 bits per heavy atom. The number of nitrogens with two attached hydrogens (primary N) is 1. The number of nitrogens with zero attached hydrogens (tertiary/aromatic N) is 6. The van der Waals surface area contributed by atoms with E-state index in [1.165, 1.54) is 17.2 Å². The first-order valence-corrected chi connectivity index (χ1v) is 10.8. The van der Waals surface area contributed by atoms with Crippen LogP contribution in [0.3, 0.4) is 0 Å². The zero-order valence-corrected chi connectivity index (χ0v) is 17.7. The fourth-order valence-electron chi connectivity index (χ4n) is 4.38. The van der Waals surface area contributed by atoms with Crippen molar-refractivity contribution in [1.82, 2.24) is 29.1 Å². The standard InChI is InChI=1S/C20H25N7O6/c21-17-14-18(25-20(24-17)32-11-3-1-2-4-11)27(9-23-14)19-16(31)15(30)12(33-19)7-26-6-10(22-8-26)5-13(28)29/h6,8-9,11-12,15-16,19,30-31H,1-5,7H2,(H,28,29)(H2,21,24,25)/t12-,15-,16-,19-/m1/s1. The summed E-state index contributed by atoms with van der Waals surface area (Å²) in [5.41, 5.74) is 7.12. The van der Waals surface area contributed by atoms with Gasteiger partial charge in [0.2, 0.25) is 0 Å². The molecule has 3 aromatic rings. The Morgan fingerprint density at radius 2 is 1.97 bits per heavy atom. The topological polar surface area (TPSA) is 184 Å². The zero-order valence-electron chi connectivity index (χ0n) is 17.7. The maximum absolute atomic E-state index is 10.9. The first kappa shape index (κ1) is 21.6. The molecule has 0 bridgehead atoms. The molecule has 1 aliphatic heterocycles. The van der Waals surface area contributed by atoms with Crippen LogP contribution in [0.5, 0.6) is 6.01 Å². The molecule has 5 rings (SSSR count). The summed E-state index contributed by atoms with van der Waals surface area (Å²) < 4.78 is 15.0. The monoisotopic (exact) mass is 459 g/mol. The Labute approximate surface area is 187 Å². The number of fused-ring (bicyclic) bond motifs is 1. The Bertz CT molecular complexity index is 1160. The summed E-state index contributed by atoms with van der Waals surface area (Å²) in [7, 11) is 0. The van der Waals surface area contributed by atoms with Crippen molar-refractivity contribution in [2.45, 2.75) is 69.3 Å². The van der Waals surface area contributed by atoms with Gasteiger partial charge in [0.15, 0.2) is 23.2 Å². The molecule has 0 spiro atoms. The second-order valence-corrected chi connectivity index (χ2v) is 8.42. The highest BCUT2D eigenvalue weighted by molar-refractivity contribution is 5.82. The van der Waals surface area contributed by atoms with E-state index in [4.69, 9.17) is 20.3 Å². The Morgan fingerprint density at radius 3 is 2.73 bits per heavy atom. The molecule has 176 valence electrons. The molecule has 1 aliphatic carbocycles. The van der Waals surface area contributed by atoms with Crippen LogP contribution in [0.4, 0.5) is 5.82 Å². The molecule has 1 saturated carbocycles. The molecule has 2 fully saturated rings. The third kappa shape index (κ3) is 4.21. The van der Waals surface area contributed by atoms with Crippen molar-refractivity contribution >= 4 is 23.0 Å². The van der Waals surface area contributed by atoms with Crippen molar-refractivity contribution in [3.8, 4) is 6.01 Å². The third-order valence-corrected chi connectivity index (χ3v) is 6.02. The van der Waals surface area contributed by atoms with Gasteiger partial charge in [-0.1, -0.05) is 0 Å². The van der Waals surface area contributed by atoms with Crippen molar-refractivity contribution in [2.24, 2.45) is 0 Å². The van der Waals surface area contributed by atoms with Crippen molar-refractivity contribution in [3.05, 3.63) is 24.5 Å². The quantitative estimate of drug-likeness (QED) is 0.369. The molecule has 33 heavy (non-hydrogen) atoms. The molecule has 4 atom stereocenters. The van der Waals surface area contributed by atoms with Gasteiger partial charge in [-0.15, -0.1) is 0 Å². The van der Waals surface area contributed by atoms with E-state index < -0.39 is 30.5 Å². The largest absolute Gasteiger partial charge is 0.481 e. The molecule has 4 heterocycles. The van der Waals surface area contributed by atoms with Crippen molar-refractivity contribution in [1.29, 1.82) is 0 Å². The van der Waals surface area contributed by atoms with Crippen LogP contribution in [0.15, 0.2) is 18.9 Å². The van der Waals surface area contributed by atoms with Crippen LogP contribution in [-0.4, -0.2) is 74.8 Å². The average Bonchev–Trinajstić information content (AvgIpc) is 3.54. The molecule has 0 unspecified atom stereocenters. The smallest absolute Gasteiger partial charge is 0.320 e. The van der Waals surface area contributed by atoms with Crippen LogP contribution in [0.1, 0.15) is 37.6 Å². The summed E-state index contributed by atoms with van der Waals surface area (Å²) >= 11 is 0. The highest BCUT2D eigenvalue weighted by atomic mass is 16.6. The minimum absolute atomic E-state index is 0.0407. The number of carboxylic acid groups (broad SMARTS) is 1. The Hall–Kier alpha value is -3.29. The molecule has 2 aliphatic rings. The fraction of sp³-hybridized carbons (Fsp3) is 0.550. The molecule has 0 radical (unpaired) electrons. The van der Waals surface area contributed by atoms with Crippen molar-refractivity contribution in [3.63, 3.8) is 0 Å². The second-order valence-electron chi connectivity index (χ2n) is 8.42. The maximum Gasteiger partial charge on any atom is 0.320 e. The number of rotatable bonds is 7. The number of hydrogen-bond donors (Lipinski definition) is 4. The second kappa shape index (κ2) is 8.57. The molecule has 3 aromatic heterocycles. The summed E-state index contributed by atoms with van der Waals surface area (Å²) in [6.07, 6.45) is 4.14. The van der Waals surface area contributed by atoms with Gasteiger partial charge in [-0.05, 0) is 25.7 Å². The molecule has 13 nitrogen and oxygen atoms in total. The first-order chi connectivity index (χ1) is 15.9.